The normalized spacial score (nSPS) is 23.9. The van der Waals surface area contributed by atoms with Crippen molar-refractivity contribution < 1.29 is 4.79 Å². The number of ketones is 1. The lowest BCUT2D eigenvalue weighted by Crippen LogP contribution is -2.45. The zero-order valence-corrected chi connectivity index (χ0v) is 14.8. The van der Waals surface area contributed by atoms with Gasteiger partial charge < -0.3 is 0 Å². The number of benzene rings is 2. The first-order valence-corrected chi connectivity index (χ1v) is 9.18. The Labute approximate surface area is 152 Å². The third-order valence-corrected chi connectivity index (χ3v) is 5.99. The van der Waals surface area contributed by atoms with Gasteiger partial charge in [0.15, 0.2) is 0 Å². The molecule has 2 atom stereocenters. The first kappa shape index (κ1) is 16.1. The van der Waals surface area contributed by atoms with E-state index in [-0.39, 0.29) is 18.1 Å². The summed E-state index contributed by atoms with van der Waals surface area (Å²) in [4.78, 5) is 14.5. The summed E-state index contributed by atoms with van der Waals surface area (Å²) in [6.45, 7) is 0. The standard InChI is InChI=1S/C20H19Cl2NO/c21-18-7-3-1-5-16(18)20(17-6-2-4-8-19(17)22)23-13-9-10-14(23)12-15(24)11-13/h1-8,13-14,20H,9-12H2/t13-,14+. The molecule has 4 heteroatoms. The number of halogens is 2. The fourth-order valence-electron chi connectivity index (χ4n) is 4.31. The second kappa shape index (κ2) is 6.51. The topological polar surface area (TPSA) is 20.3 Å². The van der Waals surface area contributed by atoms with Crippen molar-refractivity contribution in [3.63, 3.8) is 0 Å². The van der Waals surface area contributed by atoms with Crippen LogP contribution in [0.1, 0.15) is 42.9 Å². The van der Waals surface area contributed by atoms with Crippen LogP contribution in [-0.2, 0) is 4.79 Å². The van der Waals surface area contributed by atoms with Crippen molar-refractivity contribution in [2.45, 2.75) is 43.8 Å². The lowest BCUT2D eigenvalue weighted by atomic mass is 9.91. The van der Waals surface area contributed by atoms with Crippen molar-refractivity contribution in [1.29, 1.82) is 0 Å². The molecule has 2 aromatic carbocycles. The highest BCUT2D eigenvalue weighted by Gasteiger charge is 2.45. The van der Waals surface area contributed by atoms with E-state index in [2.05, 4.69) is 17.0 Å². The van der Waals surface area contributed by atoms with Crippen molar-refractivity contribution in [1.82, 2.24) is 4.90 Å². The molecule has 124 valence electrons. The summed E-state index contributed by atoms with van der Waals surface area (Å²) < 4.78 is 0. The van der Waals surface area contributed by atoms with Gasteiger partial charge in [0.2, 0.25) is 0 Å². The van der Waals surface area contributed by atoms with E-state index < -0.39 is 0 Å². The maximum Gasteiger partial charge on any atom is 0.136 e. The summed E-state index contributed by atoms with van der Waals surface area (Å²) in [6, 6.07) is 16.5. The zero-order chi connectivity index (χ0) is 16.7. The predicted molar refractivity (Wildman–Crippen MR) is 97.6 cm³/mol. The molecule has 2 nitrogen and oxygen atoms in total. The number of hydrogen-bond acceptors (Lipinski definition) is 2. The minimum absolute atomic E-state index is 0.00185. The number of carbonyl (C=O) groups is 1. The van der Waals surface area contributed by atoms with E-state index >= 15 is 0 Å². The van der Waals surface area contributed by atoms with Crippen LogP contribution in [0.5, 0.6) is 0 Å². The van der Waals surface area contributed by atoms with Crippen LogP contribution in [0, 0.1) is 0 Å². The molecule has 2 heterocycles. The highest BCUT2D eigenvalue weighted by Crippen LogP contribution is 2.45. The number of Topliss-reactive ketones (excluding diaryl/α,β-unsaturated/α-hetero) is 1. The van der Waals surface area contributed by atoms with E-state index in [1.54, 1.807) is 0 Å². The molecule has 24 heavy (non-hydrogen) atoms. The Morgan fingerprint density at radius 2 is 1.29 bits per heavy atom. The molecular weight excluding hydrogens is 341 g/mol. The molecule has 0 amide bonds. The Balaban J connectivity index is 1.85. The number of rotatable bonds is 3. The molecule has 0 radical (unpaired) electrons. The Morgan fingerprint density at radius 1 is 0.833 bits per heavy atom. The fraction of sp³-hybridized carbons (Fsp3) is 0.350. The van der Waals surface area contributed by atoms with E-state index in [9.17, 15) is 4.79 Å². The maximum atomic E-state index is 12.0. The van der Waals surface area contributed by atoms with Gasteiger partial charge in [-0.25, -0.2) is 0 Å². The largest absolute Gasteiger partial charge is 0.300 e. The zero-order valence-electron chi connectivity index (χ0n) is 13.3. The van der Waals surface area contributed by atoms with Crippen LogP contribution in [0.25, 0.3) is 0 Å². The van der Waals surface area contributed by atoms with Crippen molar-refractivity contribution in [2.75, 3.05) is 0 Å². The molecule has 0 saturated carbocycles. The lowest BCUT2D eigenvalue weighted by Gasteiger charge is -2.41. The average Bonchev–Trinajstić information content (AvgIpc) is 2.82. The van der Waals surface area contributed by atoms with Crippen molar-refractivity contribution in [3.05, 3.63) is 69.7 Å². The van der Waals surface area contributed by atoms with Crippen LogP contribution in [-0.4, -0.2) is 22.8 Å². The summed E-state index contributed by atoms with van der Waals surface area (Å²) in [5.41, 5.74) is 2.14. The number of fused-ring (bicyclic) bond motifs is 2. The lowest BCUT2D eigenvalue weighted by molar-refractivity contribution is -0.124. The van der Waals surface area contributed by atoms with Crippen LogP contribution in [0.4, 0.5) is 0 Å². The Morgan fingerprint density at radius 3 is 1.75 bits per heavy atom. The van der Waals surface area contributed by atoms with Gasteiger partial charge in [-0.3, -0.25) is 9.69 Å². The molecule has 4 rings (SSSR count). The number of hydrogen-bond donors (Lipinski definition) is 0. The molecule has 0 N–H and O–H groups in total. The fourth-order valence-corrected chi connectivity index (χ4v) is 4.79. The number of piperidine rings is 1. The maximum absolute atomic E-state index is 12.0. The van der Waals surface area contributed by atoms with Gasteiger partial charge in [-0.1, -0.05) is 59.6 Å². The van der Waals surface area contributed by atoms with Gasteiger partial charge in [0, 0.05) is 35.0 Å². The minimum atomic E-state index is -0.00185. The molecule has 2 saturated heterocycles. The summed E-state index contributed by atoms with van der Waals surface area (Å²) in [5, 5.41) is 1.50. The SMILES string of the molecule is O=C1C[C@H]2CC[C@@H](C1)N2C(c1ccccc1Cl)c1ccccc1Cl. The molecule has 2 fully saturated rings. The van der Waals surface area contributed by atoms with Crippen LogP contribution in [0.2, 0.25) is 10.0 Å². The van der Waals surface area contributed by atoms with Crippen molar-refractivity contribution in [2.24, 2.45) is 0 Å². The van der Waals surface area contributed by atoms with Crippen LogP contribution >= 0.6 is 23.2 Å². The van der Waals surface area contributed by atoms with E-state index in [1.165, 1.54) is 0 Å². The van der Waals surface area contributed by atoms with Crippen molar-refractivity contribution in [3.8, 4) is 0 Å². The summed E-state index contributed by atoms with van der Waals surface area (Å²) in [7, 11) is 0. The predicted octanol–water partition coefficient (Wildman–Crippen LogP) is 5.28. The van der Waals surface area contributed by atoms with Gasteiger partial charge >= 0.3 is 0 Å². The Kier molecular flexibility index (Phi) is 4.38. The van der Waals surface area contributed by atoms with Crippen LogP contribution in [0.3, 0.4) is 0 Å². The molecule has 0 spiro atoms. The van der Waals surface area contributed by atoms with Gasteiger partial charge in [0.25, 0.3) is 0 Å². The van der Waals surface area contributed by atoms with Gasteiger partial charge in [-0.05, 0) is 36.1 Å². The smallest absolute Gasteiger partial charge is 0.136 e. The molecule has 2 aliphatic rings. The van der Waals surface area contributed by atoms with Crippen molar-refractivity contribution >= 4 is 29.0 Å². The van der Waals surface area contributed by atoms with Crippen LogP contribution in [0.15, 0.2) is 48.5 Å². The second-order valence-electron chi connectivity index (χ2n) is 6.72. The monoisotopic (exact) mass is 359 g/mol. The Bertz CT molecular complexity index is 714. The third-order valence-electron chi connectivity index (χ3n) is 5.30. The highest BCUT2D eigenvalue weighted by molar-refractivity contribution is 6.32. The second-order valence-corrected chi connectivity index (χ2v) is 7.54. The molecule has 2 bridgehead atoms. The molecule has 0 aliphatic carbocycles. The average molecular weight is 360 g/mol. The van der Waals surface area contributed by atoms with Crippen LogP contribution < -0.4 is 0 Å². The molecular formula is C20H19Cl2NO. The third kappa shape index (κ3) is 2.77. The molecule has 0 aromatic heterocycles. The van der Waals surface area contributed by atoms with Gasteiger partial charge in [0.1, 0.15) is 5.78 Å². The minimum Gasteiger partial charge on any atom is -0.300 e. The van der Waals surface area contributed by atoms with Gasteiger partial charge in [0.05, 0.1) is 6.04 Å². The highest BCUT2D eigenvalue weighted by atomic mass is 35.5. The number of carbonyl (C=O) groups excluding carboxylic acids is 1. The van der Waals surface area contributed by atoms with E-state index in [4.69, 9.17) is 23.2 Å². The molecule has 0 unspecified atom stereocenters. The number of nitrogens with zero attached hydrogens (tertiary/aromatic N) is 1. The van der Waals surface area contributed by atoms with E-state index in [0.29, 0.717) is 18.6 Å². The van der Waals surface area contributed by atoms with E-state index in [0.717, 1.165) is 34.0 Å². The van der Waals surface area contributed by atoms with Gasteiger partial charge in [-0.2, -0.15) is 0 Å². The molecule has 2 aromatic rings. The Hall–Kier alpha value is -1.35. The first-order chi connectivity index (χ1) is 11.6. The quantitative estimate of drug-likeness (QED) is 0.742. The summed E-state index contributed by atoms with van der Waals surface area (Å²) in [5.74, 6) is 0.385. The first-order valence-electron chi connectivity index (χ1n) is 8.43. The summed E-state index contributed by atoms with van der Waals surface area (Å²) >= 11 is 13.1. The van der Waals surface area contributed by atoms with Gasteiger partial charge in [-0.15, -0.1) is 0 Å². The molecule has 2 aliphatic heterocycles. The van der Waals surface area contributed by atoms with E-state index in [1.807, 2.05) is 36.4 Å². The summed E-state index contributed by atoms with van der Waals surface area (Å²) in [6.07, 6.45) is 3.42.